The molecule has 0 atom stereocenters. The lowest BCUT2D eigenvalue weighted by Crippen LogP contribution is -2.36. The van der Waals surface area contributed by atoms with Gasteiger partial charge in [-0.15, -0.1) is 0 Å². The molecule has 5 heteroatoms. The maximum atomic E-state index is 12.6. The molecule has 0 spiro atoms. The minimum Gasteiger partial charge on any atom is -0.298 e. The van der Waals surface area contributed by atoms with Crippen molar-refractivity contribution in [2.24, 2.45) is 5.41 Å². The second-order valence-electron chi connectivity index (χ2n) is 7.02. The lowest BCUT2D eigenvalue weighted by molar-refractivity contribution is -0.135. The van der Waals surface area contributed by atoms with E-state index in [4.69, 9.17) is 11.6 Å². The van der Waals surface area contributed by atoms with Crippen molar-refractivity contribution in [2.75, 3.05) is 0 Å². The predicted molar refractivity (Wildman–Crippen MR) is 89.0 cm³/mol. The molecule has 4 nitrogen and oxygen atoms in total. The Bertz CT molecular complexity index is 827. The van der Waals surface area contributed by atoms with E-state index in [1.165, 1.54) is 11.5 Å². The van der Waals surface area contributed by atoms with E-state index in [9.17, 15) is 14.4 Å². The van der Waals surface area contributed by atoms with Gasteiger partial charge >= 0.3 is 0 Å². The number of Topliss-reactive ketones (excluding diaryl/α,β-unsaturated/α-hetero) is 2. The largest absolute Gasteiger partial charge is 0.298 e. The number of aromatic nitrogens is 1. The molecule has 0 N–H and O–H groups in total. The van der Waals surface area contributed by atoms with Gasteiger partial charge in [-0.25, -0.2) is 0 Å². The van der Waals surface area contributed by atoms with Crippen LogP contribution < -0.4 is 0 Å². The Morgan fingerprint density at radius 1 is 1.22 bits per heavy atom. The number of carbonyl (C=O) groups excluding carboxylic acids is 3. The van der Waals surface area contributed by atoms with Crippen molar-refractivity contribution in [1.29, 1.82) is 0 Å². The van der Waals surface area contributed by atoms with Gasteiger partial charge in [0.05, 0.1) is 5.52 Å². The van der Waals surface area contributed by atoms with Crippen LogP contribution in [-0.4, -0.2) is 22.0 Å². The van der Waals surface area contributed by atoms with Crippen LogP contribution >= 0.6 is 11.6 Å². The first-order chi connectivity index (χ1) is 10.7. The fraction of sp³-hybridized carbons (Fsp3) is 0.389. The zero-order valence-electron chi connectivity index (χ0n) is 13.4. The van der Waals surface area contributed by atoms with Gasteiger partial charge in [-0.2, -0.15) is 0 Å². The number of fused-ring (bicyclic) bond motifs is 1. The number of rotatable bonds is 1. The molecule has 0 amide bonds. The Labute approximate surface area is 139 Å². The Morgan fingerprint density at radius 3 is 2.39 bits per heavy atom. The summed E-state index contributed by atoms with van der Waals surface area (Å²) in [4.78, 5) is 37.0. The maximum Gasteiger partial charge on any atom is 0.227 e. The van der Waals surface area contributed by atoms with Gasteiger partial charge in [0.1, 0.15) is 17.5 Å². The first kappa shape index (κ1) is 15.9. The SMILES string of the molecule is CC(=O)n1cc(C2C(=O)CC(C)(C)CC2=O)c2cc(Cl)ccc21. The maximum absolute atomic E-state index is 12.6. The van der Waals surface area contributed by atoms with E-state index >= 15 is 0 Å². The summed E-state index contributed by atoms with van der Waals surface area (Å²) in [7, 11) is 0. The number of hydrogen-bond donors (Lipinski definition) is 0. The van der Waals surface area contributed by atoms with Crippen LogP contribution in [0.25, 0.3) is 10.9 Å². The summed E-state index contributed by atoms with van der Waals surface area (Å²) in [5.74, 6) is -1.15. The van der Waals surface area contributed by atoms with E-state index in [-0.39, 0.29) is 22.9 Å². The average molecular weight is 332 g/mol. The molecule has 1 aliphatic carbocycles. The summed E-state index contributed by atoms with van der Waals surface area (Å²) in [6.45, 7) is 5.30. The second kappa shape index (κ2) is 5.31. The Morgan fingerprint density at radius 2 is 1.83 bits per heavy atom. The highest BCUT2D eigenvalue weighted by Crippen LogP contribution is 2.40. The van der Waals surface area contributed by atoms with Crippen LogP contribution in [0.2, 0.25) is 5.02 Å². The van der Waals surface area contributed by atoms with Crippen molar-refractivity contribution in [1.82, 2.24) is 4.57 Å². The second-order valence-corrected chi connectivity index (χ2v) is 7.45. The first-order valence-electron chi connectivity index (χ1n) is 7.56. The van der Waals surface area contributed by atoms with E-state index in [2.05, 4.69) is 0 Å². The quantitative estimate of drug-likeness (QED) is 0.742. The number of ketones is 2. The summed E-state index contributed by atoms with van der Waals surface area (Å²) >= 11 is 6.07. The monoisotopic (exact) mass is 331 g/mol. The van der Waals surface area contributed by atoms with Crippen LogP contribution in [0.15, 0.2) is 24.4 Å². The van der Waals surface area contributed by atoms with E-state index in [1.54, 1.807) is 24.4 Å². The van der Waals surface area contributed by atoms with Gasteiger partial charge in [-0.3, -0.25) is 19.0 Å². The number of halogens is 1. The molecule has 1 saturated carbocycles. The summed E-state index contributed by atoms with van der Waals surface area (Å²) in [6.07, 6.45) is 2.33. The van der Waals surface area contributed by atoms with Crippen molar-refractivity contribution in [3.63, 3.8) is 0 Å². The number of hydrogen-bond acceptors (Lipinski definition) is 3. The fourth-order valence-corrected chi connectivity index (χ4v) is 3.63. The normalized spacial score (nSPS) is 18.6. The van der Waals surface area contributed by atoms with Crippen LogP contribution in [-0.2, 0) is 9.59 Å². The molecular formula is C18H18ClNO3. The highest BCUT2D eigenvalue weighted by Gasteiger charge is 2.41. The lowest BCUT2D eigenvalue weighted by Gasteiger charge is -2.31. The number of nitrogens with zero attached hydrogens (tertiary/aromatic N) is 1. The van der Waals surface area contributed by atoms with Crippen LogP contribution in [0.1, 0.15) is 49.9 Å². The molecule has 1 aliphatic rings. The predicted octanol–water partition coefficient (Wildman–Crippen LogP) is 4.00. The minimum absolute atomic E-state index is 0.0890. The van der Waals surface area contributed by atoms with Gasteiger partial charge in [-0.05, 0) is 29.2 Å². The van der Waals surface area contributed by atoms with Gasteiger partial charge in [0.2, 0.25) is 5.91 Å². The van der Waals surface area contributed by atoms with Crippen molar-refractivity contribution in [3.05, 3.63) is 35.0 Å². The third-order valence-electron chi connectivity index (χ3n) is 4.40. The molecule has 0 radical (unpaired) electrons. The van der Waals surface area contributed by atoms with Crippen molar-refractivity contribution in [2.45, 2.75) is 39.5 Å². The van der Waals surface area contributed by atoms with Crippen LogP contribution in [0, 0.1) is 5.41 Å². The molecule has 1 heterocycles. The minimum atomic E-state index is -0.801. The average Bonchev–Trinajstić information content (AvgIpc) is 2.75. The molecule has 0 bridgehead atoms. The molecule has 0 unspecified atom stereocenters. The molecule has 0 saturated heterocycles. The summed E-state index contributed by atoms with van der Waals surface area (Å²) in [5, 5.41) is 1.20. The van der Waals surface area contributed by atoms with Crippen molar-refractivity contribution >= 4 is 40.0 Å². The van der Waals surface area contributed by atoms with Gasteiger partial charge in [0, 0.05) is 36.4 Å². The van der Waals surface area contributed by atoms with Gasteiger partial charge in [-0.1, -0.05) is 25.4 Å². The topological polar surface area (TPSA) is 56.1 Å². The number of carbonyl (C=O) groups is 3. The summed E-state index contributed by atoms with van der Waals surface area (Å²) in [6, 6.07) is 5.15. The zero-order chi connectivity index (χ0) is 16.9. The summed E-state index contributed by atoms with van der Waals surface area (Å²) < 4.78 is 1.47. The molecular weight excluding hydrogens is 314 g/mol. The van der Waals surface area contributed by atoms with Crippen LogP contribution in [0.5, 0.6) is 0 Å². The standard InChI is InChI=1S/C18H18ClNO3/c1-10(21)20-9-13(12-6-11(19)4-5-14(12)20)17-15(22)7-18(2,3)8-16(17)23/h4-6,9,17H,7-8H2,1-3H3. The van der Waals surface area contributed by atoms with E-state index in [0.29, 0.717) is 34.3 Å². The molecule has 23 heavy (non-hydrogen) atoms. The Balaban J connectivity index is 2.20. The molecule has 1 aromatic heterocycles. The molecule has 120 valence electrons. The fourth-order valence-electron chi connectivity index (χ4n) is 3.45. The highest BCUT2D eigenvalue weighted by molar-refractivity contribution is 6.31. The smallest absolute Gasteiger partial charge is 0.227 e. The molecule has 3 rings (SSSR count). The molecule has 0 aliphatic heterocycles. The summed E-state index contributed by atoms with van der Waals surface area (Å²) in [5.41, 5.74) is 0.951. The molecule has 2 aromatic rings. The Hall–Kier alpha value is -1.94. The zero-order valence-corrected chi connectivity index (χ0v) is 14.1. The van der Waals surface area contributed by atoms with E-state index in [0.717, 1.165) is 0 Å². The number of benzene rings is 1. The van der Waals surface area contributed by atoms with Gasteiger partial charge < -0.3 is 0 Å². The van der Waals surface area contributed by atoms with Gasteiger partial charge in [0.15, 0.2) is 0 Å². The van der Waals surface area contributed by atoms with Crippen LogP contribution in [0.3, 0.4) is 0 Å². The van der Waals surface area contributed by atoms with Crippen LogP contribution in [0.4, 0.5) is 0 Å². The molecule has 1 fully saturated rings. The van der Waals surface area contributed by atoms with Crippen molar-refractivity contribution < 1.29 is 14.4 Å². The molecule has 1 aromatic carbocycles. The first-order valence-corrected chi connectivity index (χ1v) is 7.94. The van der Waals surface area contributed by atoms with E-state index in [1.807, 2.05) is 13.8 Å². The van der Waals surface area contributed by atoms with Crippen molar-refractivity contribution in [3.8, 4) is 0 Å². The highest BCUT2D eigenvalue weighted by atomic mass is 35.5. The Kier molecular flexibility index (Phi) is 3.68. The third-order valence-corrected chi connectivity index (χ3v) is 4.63. The lowest BCUT2D eigenvalue weighted by atomic mass is 9.69. The third kappa shape index (κ3) is 2.72. The van der Waals surface area contributed by atoms with E-state index < -0.39 is 5.92 Å². The van der Waals surface area contributed by atoms with Gasteiger partial charge in [0.25, 0.3) is 0 Å².